The SMILES string of the molecule is CNC(=O)c1cccc(C(=O)[C@H](C#N)c2nc(C)cs2)c1. The molecule has 0 spiro atoms. The van der Waals surface area contributed by atoms with Crippen molar-refractivity contribution in [3.8, 4) is 6.07 Å². The first-order valence-corrected chi connectivity index (χ1v) is 7.12. The standard InChI is InChI=1S/C15H13N3O2S/c1-9-8-21-15(18-9)12(7-16)13(19)10-4-3-5-11(6-10)14(20)17-2/h3-6,8,12H,1-2H3,(H,17,20)/t12-/m0/s1. The van der Waals surface area contributed by atoms with E-state index < -0.39 is 5.92 Å². The summed E-state index contributed by atoms with van der Waals surface area (Å²) in [4.78, 5) is 28.3. The third-order valence-corrected chi connectivity index (χ3v) is 3.94. The van der Waals surface area contributed by atoms with Crippen LogP contribution in [0.2, 0.25) is 0 Å². The number of carbonyl (C=O) groups excluding carboxylic acids is 2. The molecule has 0 saturated heterocycles. The molecule has 0 aliphatic carbocycles. The van der Waals surface area contributed by atoms with Crippen molar-refractivity contribution in [2.45, 2.75) is 12.8 Å². The molecule has 1 N–H and O–H groups in total. The molecule has 0 saturated carbocycles. The summed E-state index contributed by atoms with van der Waals surface area (Å²) in [6.07, 6.45) is 0. The van der Waals surface area contributed by atoms with E-state index in [-0.39, 0.29) is 11.7 Å². The molecular formula is C15H13N3O2S. The van der Waals surface area contributed by atoms with Crippen molar-refractivity contribution in [3.63, 3.8) is 0 Å². The monoisotopic (exact) mass is 299 g/mol. The molecule has 0 aliphatic heterocycles. The van der Waals surface area contributed by atoms with Crippen LogP contribution < -0.4 is 5.32 Å². The van der Waals surface area contributed by atoms with Gasteiger partial charge in [-0.05, 0) is 19.1 Å². The first-order valence-electron chi connectivity index (χ1n) is 6.24. The molecule has 2 rings (SSSR count). The van der Waals surface area contributed by atoms with E-state index in [1.165, 1.54) is 24.5 Å². The number of amides is 1. The summed E-state index contributed by atoms with van der Waals surface area (Å²) in [7, 11) is 1.52. The minimum absolute atomic E-state index is 0.275. The third kappa shape index (κ3) is 3.15. The van der Waals surface area contributed by atoms with Crippen LogP contribution >= 0.6 is 11.3 Å². The number of aromatic nitrogens is 1. The number of hydrogen-bond donors (Lipinski definition) is 1. The van der Waals surface area contributed by atoms with Gasteiger partial charge in [0, 0.05) is 29.2 Å². The van der Waals surface area contributed by atoms with Gasteiger partial charge in [-0.3, -0.25) is 9.59 Å². The van der Waals surface area contributed by atoms with Crippen LogP contribution in [0.25, 0.3) is 0 Å². The Balaban J connectivity index is 2.35. The average molecular weight is 299 g/mol. The second kappa shape index (κ2) is 6.29. The fourth-order valence-corrected chi connectivity index (χ4v) is 2.69. The van der Waals surface area contributed by atoms with Crippen LogP contribution in [0.15, 0.2) is 29.6 Å². The number of aryl methyl sites for hydroxylation is 1. The van der Waals surface area contributed by atoms with Gasteiger partial charge < -0.3 is 5.32 Å². The second-order valence-electron chi connectivity index (χ2n) is 4.41. The van der Waals surface area contributed by atoms with Crippen LogP contribution in [0.5, 0.6) is 0 Å². The molecule has 1 aromatic carbocycles. The minimum Gasteiger partial charge on any atom is -0.355 e. The number of rotatable bonds is 4. The lowest BCUT2D eigenvalue weighted by Gasteiger charge is -2.07. The summed E-state index contributed by atoms with van der Waals surface area (Å²) in [6.45, 7) is 1.81. The highest BCUT2D eigenvalue weighted by Crippen LogP contribution is 2.24. The van der Waals surface area contributed by atoms with Crippen molar-refractivity contribution < 1.29 is 9.59 Å². The van der Waals surface area contributed by atoms with Crippen LogP contribution in [0.3, 0.4) is 0 Å². The molecule has 6 heteroatoms. The zero-order valence-electron chi connectivity index (χ0n) is 11.6. The summed E-state index contributed by atoms with van der Waals surface area (Å²) in [5, 5.41) is 14.0. The van der Waals surface area contributed by atoms with Gasteiger partial charge in [0.15, 0.2) is 11.7 Å². The first kappa shape index (κ1) is 14.9. The molecule has 0 radical (unpaired) electrons. The van der Waals surface area contributed by atoms with Gasteiger partial charge in [0.25, 0.3) is 5.91 Å². The van der Waals surface area contributed by atoms with Crippen molar-refractivity contribution in [2.75, 3.05) is 7.05 Å². The van der Waals surface area contributed by atoms with Gasteiger partial charge in [-0.15, -0.1) is 11.3 Å². The highest BCUT2D eigenvalue weighted by Gasteiger charge is 2.25. The Kier molecular flexibility index (Phi) is 4.45. The normalized spacial score (nSPS) is 11.5. The Labute approximate surface area is 126 Å². The van der Waals surface area contributed by atoms with Crippen molar-refractivity contribution >= 4 is 23.0 Å². The summed E-state index contributed by atoms with van der Waals surface area (Å²) in [5.74, 6) is -1.57. The molecule has 0 bridgehead atoms. The topological polar surface area (TPSA) is 82.9 Å². The van der Waals surface area contributed by atoms with E-state index in [0.29, 0.717) is 16.1 Å². The molecule has 0 fully saturated rings. The van der Waals surface area contributed by atoms with Gasteiger partial charge in [0.05, 0.1) is 6.07 Å². The van der Waals surface area contributed by atoms with Crippen LogP contribution in [0, 0.1) is 18.3 Å². The first-order chi connectivity index (χ1) is 10.1. The van der Waals surface area contributed by atoms with Gasteiger partial charge >= 0.3 is 0 Å². The number of benzene rings is 1. The van der Waals surface area contributed by atoms with Crippen molar-refractivity contribution in [3.05, 3.63) is 51.5 Å². The lowest BCUT2D eigenvalue weighted by Crippen LogP contribution is -2.19. The van der Waals surface area contributed by atoms with Gasteiger partial charge in [-0.1, -0.05) is 12.1 Å². The lowest BCUT2D eigenvalue weighted by atomic mass is 9.97. The number of hydrogen-bond acceptors (Lipinski definition) is 5. The number of nitrogens with zero attached hydrogens (tertiary/aromatic N) is 2. The number of carbonyl (C=O) groups is 2. The summed E-state index contributed by atoms with van der Waals surface area (Å²) in [5.41, 5.74) is 1.49. The van der Waals surface area contributed by atoms with Crippen molar-refractivity contribution in [2.24, 2.45) is 0 Å². The van der Waals surface area contributed by atoms with Crippen molar-refractivity contribution in [1.29, 1.82) is 5.26 Å². The molecule has 106 valence electrons. The molecule has 1 heterocycles. The largest absolute Gasteiger partial charge is 0.355 e. The van der Waals surface area contributed by atoms with Gasteiger partial charge in [-0.25, -0.2) is 4.98 Å². The zero-order chi connectivity index (χ0) is 15.4. The third-order valence-electron chi connectivity index (χ3n) is 2.91. The number of thiazole rings is 1. The van der Waals surface area contributed by atoms with Crippen LogP contribution in [0.4, 0.5) is 0 Å². The van der Waals surface area contributed by atoms with Gasteiger partial charge in [-0.2, -0.15) is 5.26 Å². The molecule has 21 heavy (non-hydrogen) atoms. The zero-order valence-corrected chi connectivity index (χ0v) is 12.4. The minimum atomic E-state index is -0.941. The van der Waals surface area contributed by atoms with E-state index in [1.807, 2.05) is 13.0 Å². The number of ketones is 1. The van der Waals surface area contributed by atoms with E-state index in [0.717, 1.165) is 5.69 Å². The fourth-order valence-electron chi connectivity index (χ4n) is 1.86. The average Bonchev–Trinajstić information content (AvgIpc) is 2.93. The Morgan fingerprint density at radius 1 is 1.38 bits per heavy atom. The maximum atomic E-state index is 12.5. The summed E-state index contributed by atoms with van der Waals surface area (Å²) >= 11 is 1.29. The number of nitrogens with one attached hydrogen (secondary N) is 1. The highest BCUT2D eigenvalue weighted by atomic mass is 32.1. The Bertz CT molecular complexity index is 731. The Morgan fingerprint density at radius 2 is 2.10 bits per heavy atom. The van der Waals surface area contributed by atoms with E-state index in [9.17, 15) is 14.9 Å². The van der Waals surface area contributed by atoms with Crippen LogP contribution in [0.1, 0.15) is 37.3 Å². The number of nitriles is 1. The highest BCUT2D eigenvalue weighted by molar-refractivity contribution is 7.10. The fraction of sp³-hybridized carbons (Fsp3) is 0.200. The smallest absolute Gasteiger partial charge is 0.251 e. The lowest BCUT2D eigenvalue weighted by molar-refractivity contribution is 0.0963. The van der Waals surface area contributed by atoms with E-state index in [1.54, 1.807) is 23.6 Å². The van der Waals surface area contributed by atoms with Gasteiger partial charge in [0.1, 0.15) is 5.01 Å². The molecule has 0 aliphatic rings. The van der Waals surface area contributed by atoms with Crippen molar-refractivity contribution in [1.82, 2.24) is 10.3 Å². The van der Waals surface area contributed by atoms with E-state index >= 15 is 0 Å². The molecule has 1 amide bonds. The second-order valence-corrected chi connectivity index (χ2v) is 5.30. The molecule has 0 unspecified atom stereocenters. The molecule has 1 aromatic heterocycles. The van der Waals surface area contributed by atoms with Crippen LogP contribution in [-0.4, -0.2) is 23.7 Å². The molecule has 5 nitrogen and oxygen atoms in total. The summed E-state index contributed by atoms with van der Waals surface area (Å²) < 4.78 is 0. The Hall–Kier alpha value is -2.52. The maximum absolute atomic E-state index is 12.5. The van der Waals surface area contributed by atoms with E-state index in [2.05, 4.69) is 10.3 Å². The molecule has 1 atom stereocenters. The number of Topliss-reactive ketones (excluding diaryl/α,β-unsaturated/α-hetero) is 1. The maximum Gasteiger partial charge on any atom is 0.251 e. The Morgan fingerprint density at radius 3 is 2.67 bits per heavy atom. The van der Waals surface area contributed by atoms with Gasteiger partial charge in [0.2, 0.25) is 0 Å². The van der Waals surface area contributed by atoms with E-state index in [4.69, 9.17) is 0 Å². The predicted octanol–water partition coefficient (Wildman–Crippen LogP) is 2.30. The molecule has 2 aromatic rings. The predicted molar refractivity (Wildman–Crippen MR) is 79.4 cm³/mol. The summed E-state index contributed by atoms with van der Waals surface area (Å²) in [6, 6.07) is 8.32. The van der Waals surface area contributed by atoms with Crippen LogP contribution in [-0.2, 0) is 0 Å². The quantitative estimate of drug-likeness (QED) is 0.878. The molecular weight excluding hydrogens is 286 g/mol.